The summed E-state index contributed by atoms with van der Waals surface area (Å²) in [5.74, 6) is 2.33. The largest absolute Gasteiger partial charge is 0.493 e. The molecule has 1 saturated carbocycles. The van der Waals surface area contributed by atoms with Crippen LogP contribution in [0.4, 0.5) is 0 Å². The standard InChI is InChI=1S/C24H38N6O2/c1-24(2,3)30-23(25-26-27-30)22(18-11-12-20(31-4)21(17-18)32-5)29-15-13-28(14-16-29)19-9-7-6-8-10-19/h11-12,17,19,22H,6-10,13-16H2,1-5H3. The maximum atomic E-state index is 5.62. The van der Waals surface area contributed by atoms with Gasteiger partial charge >= 0.3 is 0 Å². The van der Waals surface area contributed by atoms with Crippen LogP contribution in [0.2, 0.25) is 0 Å². The van der Waals surface area contributed by atoms with Gasteiger partial charge in [0, 0.05) is 32.2 Å². The molecule has 8 nitrogen and oxygen atoms in total. The highest BCUT2D eigenvalue weighted by Crippen LogP contribution is 2.36. The average Bonchev–Trinajstić information content (AvgIpc) is 3.30. The van der Waals surface area contributed by atoms with Crippen molar-refractivity contribution in [3.05, 3.63) is 29.6 Å². The third-order valence-electron chi connectivity index (χ3n) is 6.90. The topological polar surface area (TPSA) is 68.5 Å². The molecule has 1 atom stereocenters. The van der Waals surface area contributed by atoms with Crippen molar-refractivity contribution >= 4 is 0 Å². The lowest BCUT2D eigenvalue weighted by Gasteiger charge is -2.43. The second-order valence-electron chi connectivity index (χ2n) is 10.0. The molecule has 4 rings (SSSR count). The van der Waals surface area contributed by atoms with Crippen LogP contribution in [0.25, 0.3) is 0 Å². The fourth-order valence-electron chi connectivity index (χ4n) is 5.20. The number of nitrogens with zero attached hydrogens (tertiary/aromatic N) is 6. The molecule has 2 fully saturated rings. The second kappa shape index (κ2) is 9.75. The molecular formula is C24H38N6O2. The van der Waals surface area contributed by atoms with Gasteiger partial charge in [-0.05, 0) is 61.7 Å². The summed E-state index contributed by atoms with van der Waals surface area (Å²) in [6.45, 7) is 10.6. The van der Waals surface area contributed by atoms with Crippen molar-refractivity contribution in [2.24, 2.45) is 0 Å². The number of hydrogen-bond acceptors (Lipinski definition) is 7. The van der Waals surface area contributed by atoms with Crippen LogP contribution in [-0.4, -0.2) is 76.4 Å². The summed E-state index contributed by atoms with van der Waals surface area (Å²) in [4.78, 5) is 5.22. The van der Waals surface area contributed by atoms with Gasteiger partial charge in [0.2, 0.25) is 0 Å². The van der Waals surface area contributed by atoms with Crippen LogP contribution in [0, 0.1) is 0 Å². The highest BCUT2D eigenvalue weighted by molar-refractivity contribution is 5.45. The molecule has 0 amide bonds. The fourth-order valence-corrected chi connectivity index (χ4v) is 5.20. The van der Waals surface area contributed by atoms with Gasteiger partial charge in [0.25, 0.3) is 0 Å². The van der Waals surface area contributed by atoms with E-state index in [0.29, 0.717) is 0 Å². The quantitative estimate of drug-likeness (QED) is 0.678. The molecular weight excluding hydrogens is 404 g/mol. The van der Waals surface area contributed by atoms with E-state index in [1.165, 1.54) is 32.1 Å². The third-order valence-corrected chi connectivity index (χ3v) is 6.90. The molecule has 2 aromatic rings. The molecule has 0 N–H and O–H groups in total. The van der Waals surface area contributed by atoms with E-state index >= 15 is 0 Å². The molecule has 32 heavy (non-hydrogen) atoms. The Labute approximate surface area is 191 Å². The predicted molar refractivity (Wildman–Crippen MR) is 124 cm³/mol. The zero-order chi connectivity index (χ0) is 22.7. The van der Waals surface area contributed by atoms with Crippen molar-refractivity contribution < 1.29 is 9.47 Å². The van der Waals surface area contributed by atoms with E-state index in [-0.39, 0.29) is 11.6 Å². The second-order valence-corrected chi connectivity index (χ2v) is 10.0. The summed E-state index contributed by atoms with van der Waals surface area (Å²) < 4.78 is 13.1. The fraction of sp³-hybridized carbons (Fsp3) is 0.708. The molecule has 1 aromatic heterocycles. The summed E-state index contributed by atoms with van der Waals surface area (Å²) in [6.07, 6.45) is 6.84. The smallest absolute Gasteiger partial charge is 0.173 e. The van der Waals surface area contributed by atoms with Gasteiger partial charge in [0.1, 0.15) is 0 Å². The Hall–Kier alpha value is -2.19. The van der Waals surface area contributed by atoms with Crippen LogP contribution in [0.3, 0.4) is 0 Å². The van der Waals surface area contributed by atoms with Crippen molar-refractivity contribution in [2.75, 3.05) is 40.4 Å². The number of rotatable bonds is 6. The Bertz CT molecular complexity index is 879. The SMILES string of the molecule is COc1ccc(C(c2nnnn2C(C)(C)C)N2CCN(C3CCCCC3)CC2)cc1OC. The number of tetrazole rings is 1. The number of ether oxygens (including phenoxy) is 2. The zero-order valence-electron chi connectivity index (χ0n) is 20.3. The minimum atomic E-state index is -0.211. The highest BCUT2D eigenvalue weighted by atomic mass is 16.5. The van der Waals surface area contributed by atoms with Crippen LogP contribution in [0.1, 0.15) is 70.3 Å². The summed E-state index contributed by atoms with van der Waals surface area (Å²) in [5, 5.41) is 12.9. The molecule has 0 spiro atoms. The Morgan fingerprint density at radius 2 is 1.62 bits per heavy atom. The lowest BCUT2D eigenvalue weighted by Crippen LogP contribution is -2.52. The first-order valence-electron chi connectivity index (χ1n) is 11.9. The van der Waals surface area contributed by atoms with Crippen molar-refractivity contribution in [3.63, 3.8) is 0 Å². The van der Waals surface area contributed by atoms with Crippen molar-refractivity contribution in [2.45, 2.75) is 70.5 Å². The maximum Gasteiger partial charge on any atom is 0.173 e. The third kappa shape index (κ3) is 4.76. The molecule has 1 saturated heterocycles. The minimum absolute atomic E-state index is 0.0439. The molecule has 1 aliphatic carbocycles. The Morgan fingerprint density at radius 3 is 2.25 bits per heavy atom. The Morgan fingerprint density at radius 1 is 0.938 bits per heavy atom. The van der Waals surface area contributed by atoms with E-state index in [2.05, 4.69) is 58.2 Å². The van der Waals surface area contributed by atoms with E-state index in [1.54, 1.807) is 14.2 Å². The first-order chi connectivity index (χ1) is 15.4. The molecule has 0 bridgehead atoms. The van der Waals surface area contributed by atoms with E-state index in [4.69, 9.17) is 9.47 Å². The first-order valence-corrected chi connectivity index (χ1v) is 11.9. The summed E-state index contributed by atoms with van der Waals surface area (Å²) in [7, 11) is 3.35. The van der Waals surface area contributed by atoms with Gasteiger partial charge in [-0.1, -0.05) is 25.3 Å². The van der Waals surface area contributed by atoms with Gasteiger partial charge in [-0.15, -0.1) is 5.10 Å². The van der Waals surface area contributed by atoms with Crippen molar-refractivity contribution in [3.8, 4) is 11.5 Å². The molecule has 1 unspecified atom stereocenters. The number of aromatic nitrogens is 4. The van der Waals surface area contributed by atoms with Crippen molar-refractivity contribution in [1.82, 2.24) is 30.0 Å². The minimum Gasteiger partial charge on any atom is -0.493 e. The summed E-state index contributed by atoms with van der Waals surface area (Å²) in [6, 6.07) is 6.87. The number of benzene rings is 1. The van der Waals surface area contributed by atoms with E-state index in [1.807, 2.05) is 10.7 Å². The monoisotopic (exact) mass is 442 g/mol. The molecule has 0 radical (unpaired) electrons. The molecule has 1 aliphatic heterocycles. The van der Waals surface area contributed by atoms with Crippen LogP contribution in [0.15, 0.2) is 18.2 Å². The molecule has 2 heterocycles. The predicted octanol–water partition coefficient (Wildman–Crippen LogP) is 3.49. The first kappa shape index (κ1) is 23.0. The van der Waals surface area contributed by atoms with Crippen LogP contribution in [0.5, 0.6) is 11.5 Å². The average molecular weight is 443 g/mol. The maximum absolute atomic E-state index is 5.62. The Balaban J connectivity index is 1.64. The van der Waals surface area contributed by atoms with E-state index in [0.717, 1.165) is 55.1 Å². The summed E-state index contributed by atoms with van der Waals surface area (Å²) >= 11 is 0. The lowest BCUT2D eigenvalue weighted by atomic mass is 9.93. The van der Waals surface area contributed by atoms with Crippen LogP contribution >= 0.6 is 0 Å². The van der Waals surface area contributed by atoms with Gasteiger partial charge in [0.15, 0.2) is 17.3 Å². The molecule has 8 heteroatoms. The van der Waals surface area contributed by atoms with Gasteiger partial charge in [0.05, 0.1) is 25.8 Å². The van der Waals surface area contributed by atoms with E-state index in [9.17, 15) is 0 Å². The van der Waals surface area contributed by atoms with Gasteiger partial charge in [-0.2, -0.15) is 0 Å². The molecule has 1 aromatic carbocycles. The number of hydrogen-bond donors (Lipinski definition) is 0. The van der Waals surface area contributed by atoms with Crippen LogP contribution < -0.4 is 9.47 Å². The summed E-state index contributed by atoms with van der Waals surface area (Å²) in [5.41, 5.74) is 0.909. The van der Waals surface area contributed by atoms with E-state index < -0.39 is 0 Å². The molecule has 176 valence electrons. The lowest BCUT2D eigenvalue weighted by molar-refractivity contribution is 0.0608. The van der Waals surface area contributed by atoms with Crippen LogP contribution in [-0.2, 0) is 5.54 Å². The normalized spacial score (nSPS) is 20.3. The molecule has 2 aliphatic rings. The number of methoxy groups -OCH3 is 2. The number of piperazine rings is 1. The van der Waals surface area contributed by atoms with Gasteiger partial charge in [-0.3, -0.25) is 9.80 Å². The Kier molecular flexibility index (Phi) is 7.00. The zero-order valence-corrected chi connectivity index (χ0v) is 20.3. The van der Waals surface area contributed by atoms with Gasteiger partial charge < -0.3 is 9.47 Å². The van der Waals surface area contributed by atoms with Gasteiger partial charge in [-0.25, -0.2) is 4.68 Å². The highest BCUT2D eigenvalue weighted by Gasteiger charge is 2.35. The van der Waals surface area contributed by atoms with Crippen molar-refractivity contribution in [1.29, 1.82) is 0 Å².